The van der Waals surface area contributed by atoms with Crippen LogP contribution in [0.15, 0.2) is 47.6 Å². The number of hydrogen-bond donors (Lipinski definition) is 1. The average Bonchev–Trinajstić information content (AvgIpc) is 3.57. The van der Waals surface area contributed by atoms with Gasteiger partial charge in [-0.3, -0.25) is 4.40 Å². The number of aromatic nitrogens is 5. The number of nitrogens with one attached hydrogen (secondary N) is 1. The first-order valence-corrected chi connectivity index (χ1v) is 13.1. The number of carbonyl (C=O) groups excluding carboxylic acids is 1. The van der Waals surface area contributed by atoms with Gasteiger partial charge in [-0.25, -0.2) is 22.2 Å². The maximum absolute atomic E-state index is 13.3. The van der Waals surface area contributed by atoms with Crippen LogP contribution in [0.25, 0.3) is 16.8 Å². The zero-order valence-corrected chi connectivity index (χ0v) is 20.8. The second-order valence-electron chi connectivity index (χ2n) is 9.10. The summed E-state index contributed by atoms with van der Waals surface area (Å²) < 4.78 is 67.2. The lowest BCUT2D eigenvalue weighted by Crippen LogP contribution is -2.42. The molecule has 1 fully saturated rings. The van der Waals surface area contributed by atoms with Crippen LogP contribution in [0.1, 0.15) is 30.7 Å². The highest BCUT2D eigenvalue weighted by Gasteiger charge is 2.39. The number of nitrogens with zero attached hydrogens (tertiary/aromatic N) is 6. The van der Waals surface area contributed by atoms with Crippen LogP contribution in [-0.4, -0.2) is 68.7 Å². The number of hydrogen-bond acceptors (Lipinski definition) is 6. The summed E-state index contributed by atoms with van der Waals surface area (Å²) in [5.74, 6) is 0.0933. The molecular formula is C23H24F3N7O3S. The molecule has 1 aliphatic heterocycles. The minimum absolute atomic E-state index is 0.0781. The Hall–Kier alpha value is -3.68. The summed E-state index contributed by atoms with van der Waals surface area (Å²) in [4.78, 5) is 18.2. The molecule has 196 valence electrons. The molecule has 0 unspecified atom stereocenters. The summed E-state index contributed by atoms with van der Waals surface area (Å²) in [6.45, 7) is 2.79. The fourth-order valence-electron chi connectivity index (χ4n) is 4.74. The van der Waals surface area contributed by atoms with Crippen molar-refractivity contribution in [1.29, 1.82) is 0 Å². The molecule has 4 heterocycles. The Labute approximate surface area is 210 Å². The molecule has 0 bridgehead atoms. The third kappa shape index (κ3) is 4.49. The highest BCUT2D eigenvalue weighted by atomic mass is 32.2. The molecular weight excluding hydrogens is 511 g/mol. The number of rotatable bonds is 5. The summed E-state index contributed by atoms with van der Waals surface area (Å²) >= 11 is 0. The highest BCUT2D eigenvalue weighted by molar-refractivity contribution is 7.90. The smallest absolute Gasteiger partial charge is 0.329 e. The second kappa shape index (κ2) is 9.01. The average molecular weight is 536 g/mol. The van der Waals surface area contributed by atoms with Crippen LogP contribution in [0.3, 0.4) is 0 Å². The summed E-state index contributed by atoms with van der Waals surface area (Å²) in [5.41, 5.74) is 1.96. The molecule has 2 amide bonds. The zero-order chi connectivity index (χ0) is 26.5. The van der Waals surface area contributed by atoms with Gasteiger partial charge in [0, 0.05) is 25.2 Å². The van der Waals surface area contributed by atoms with Crippen LogP contribution in [0.2, 0.25) is 0 Å². The number of amides is 2. The molecule has 2 atom stereocenters. The monoisotopic (exact) mass is 535 g/mol. The Bertz CT molecular complexity index is 1580. The molecule has 0 radical (unpaired) electrons. The van der Waals surface area contributed by atoms with Gasteiger partial charge in [-0.15, -0.1) is 10.2 Å². The molecule has 1 aliphatic rings. The van der Waals surface area contributed by atoms with E-state index in [0.717, 1.165) is 9.54 Å². The van der Waals surface area contributed by atoms with Gasteiger partial charge >= 0.3 is 12.2 Å². The molecule has 14 heteroatoms. The van der Waals surface area contributed by atoms with E-state index in [1.54, 1.807) is 22.6 Å². The summed E-state index contributed by atoms with van der Waals surface area (Å²) in [6, 6.07) is 7.30. The quantitative estimate of drug-likeness (QED) is 0.419. The van der Waals surface area contributed by atoms with Crippen molar-refractivity contribution < 1.29 is 26.4 Å². The van der Waals surface area contributed by atoms with Crippen molar-refractivity contribution in [3.8, 4) is 0 Å². The summed E-state index contributed by atoms with van der Waals surface area (Å²) in [5, 5.41) is 10.4. The number of halogens is 3. The number of likely N-dealkylation sites (tertiary alicyclic amines) is 1. The lowest BCUT2D eigenvalue weighted by molar-refractivity contribution is -0.123. The van der Waals surface area contributed by atoms with E-state index in [0.29, 0.717) is 23.4 Å². The third-order valence-electron chi connectivity index (χ3n) is 6.66. The number of aryl methyl sites for hydroxylation is 1. The van der Waals surface area contributed by atoms with E-state index in [4.69, 9.17) is 0 Å². The fraction of sp³-hybridized carbons (Fsp3) is 0.391. The molecule has 3 aromatic heterocycles. The minimum atomic E-state index is -4.51. The molecule has 5 rings (SSSR count). The van der Waals surface area contributed by atoms with Gasteiger partial charge in [0.05, 0.1) is 16.6 Å². The minimum Gasteiger partial charge on any atom is -0.329 e. The molecule has 0 aliphatic carbocycles. The highest BCUT2D eigenvalue weighted by Crippen LogP contribution is 2.35. The molecule has 37 heavy (non-hydrogen) atoms. The Kier molecular flexibility index (Phi) is 6.09. The SMILES string of the molecule is CC[C@@H]1CN(C(=O)NCC(F)(F)F)C[C@@H]1c1nnc2cnc3c(ccn3S(=O)(=O)c3ccc(C)cc3)n12. The van der Waals surface area contributed by atoms with Crippen molar-refractivity contribution in [1.82, 2.24) is 33.8 Å². The van der Waals surface area contributed by atoms with E-state index < -0.39 is 28.8 Å². The topological polar surface area (TPSA) is 114 Å². The standard InChI is InChI=1S/C23H24F3N7O3S/c1-3-15-11-31(22(34)28-13-23(24,25)26)12-17(15)20-30-29-19-10-27-21-18(33(19)20)8-9-32(21)37(35,36)16-6-4-14(2)5-7-16/h4-10,15,17H,3,11-13H2,1-2H3,(H,28,34)/t15-,17+/m1/s1. The maximum atomic E-state index is 13.3. The van der Waals surface area contributed by atoms with Gasteiger partial charge in [0.25, 0.3) is 10.0 Å². The lowest BCUT2D eigenvalue weighted by Gasteiger charge is -2.18. The fourth-order valence-corrected chi connectivity index (χ4v) is 6.04. The van der Waals surface area contributed by atoms with Gasteiger partial charge in [-0.2, -0.15) is 13.2 Å². The zero-order valence-electron chi connectivity index (χ0n) is 20.0. The normalized spacial score (nSPS) is 18.7. The van der Waals surface area contributed by atoms with Gasteiger partial charge in [0.1, 0.15) is 12.4 Å². The first-order valence-electron chi connectivity index (χ1n) is 11.6. The van der Waals surface area contributed by atoms with Crippen LogP contribution in [0.4, 0.5) is 18.0 Å². The number of alkyl halides is 3. The Balaban J connectivity index is 1.52. The van der Waals surface area contributed by atoms with Crippen molar-refractivity contribution in [3.05, 3.63) is 54.1 Å². The first kappa shape index (κ1) is 25.0. The number of fused-ring (bicyclic) bond motifs is 3. The van der Waals surface area contributed by atoms with Crippen molar-refractivity contribution in [2.24, 2.45) is 5.92 Å². The van der Waals surface area contributed by atoms with E-state index in [2.05, 4.69) is 15.2 Å². The Morgan fingerprint density at radius 3 is 2.54 bits per heavy atom. The van der Waals surface area contributed by atoms with E-state index in [-0.39, 0.29) is 35.5 Å². The van der Waals surface area contributed by atoms with Gasteiger partial charge in [0.2, 0.25) is 0 Å². The maximum Gasteiger partial charge on any atom is 0.405 e. The van der Waals surface area contributed by atoms with Crippen LogP contribution in [0, 0.1) is 12.8 Å². The van der Waals surface area contributed by atoms with Gasteiger partial charge in [-0.1, -0.05) is 31.0 Å². The van der Waals surface area contributed by atoms with E-state index in [1.807, 2.05) is 19.2 Å². The van der Waals surface area contributed by atoms with E-state index in [1.165, 1.54) is 29.4 Å². The largest absolute Gasteiger partial charge is 0.405 e. The van der Waals surface area contributed by atoms with Crippen molar-refractivity contribution >= 4 is 32.9 Å². The molecule has 0 saturated carbocycles. The van der Waals surface area contributed by atoms with Crippen LogP contribution >= 0.6 is 0 Å². The molecule has 1 saturated heterocycles. The van der Waals surface area contributed by atoms with Crippen molar-refractivity contribution in [2.45, 2.75) is 37.3 Å². The van der Waals surface area contributed by atoms with Gasteiger partial charge < -0.3 is 10.2 Å². The van der Waals surface area contributed by atoms with Gasteiger partial charge in [-0.05, 0) is 31.0 Å². The van der Waals surface area contributed by atoms with Crippen molar-refractivity contribution in [3.63, 3.8) is 0 Å². The van der Waals surface area contributed by atoms with Crippen LogP contribution in [-0.2, 0) is 10.0 Å². The number of benzene rings is 1. The Morgan fingerprint density at radius 2 is 1.86 bits per heavy atom. The summed E-state index contributed by atoms with van der Waals surface area (Å²) in [7, 11) is -3.93. The molecule has 10 nitrogen and oxygen atoms in total. The predicted molar refractivity (Wildman–Crippen MR) is 128 cm³/mol. The van der Waals surface area contributed by atoms with Gasteiger partial charge in [0.15, 0.2) is 11.3 Å². The first-order chi connectivity index (χ1) is 17.5. The molecule has 4 aromatic rings. The predicted octanol–water partition coefficient (Wildman–Crippen LogP) is 3.32. The molecule has 1 N–H and O–H groups in total. The number of urea groups is 1. The third-order valence-corrected chi connectivity index (χ3v) is 8.34. The van der Waals surface area contributed by atoms with E-state index >= 15 is 0 Å². The van der Waals surface area contributed by atoms with Crippen LogP contribution in [0.5, 0.6) is 0 Å². The van der Waals surface area contributed by atoms with E-state index in [9.17, 15) is 26.4 Å². The summed E-state index contributed by atoms with van der Waals surface area (Å²) in [6.07, 6.45) is -1.02. The lowest BCUT2D eigenvalue weighted by atomic mass is 9.93. The molecule has 0 spiro atoms. The van der Waals surface area contributed by atoms with Crippen molar-refractivity contribution in [2.75, 3.05) is 19.6 Å². The van der Waals surface area contributed by atoms with Crippen LogP contribution < -0.4 is 5.32 Å². The second-order valence-corrected chi connectivity index (χ2v) is 10.9. The molecule has 1 aromatic carbocycles. The Morgan fingerprint density at radius 1 is 1.14 bits per heavy atom. The number of carbonyl (C=O) groups is 1.